The summed E-state index contributed by atoms with van der Waals surface area (Å²) in [6, 6.07) is 13.8. The lowest BCUT2D eigenvalue weighted by Gasteiger charge is -2.05. The zero-order valence-electron chi connectivity index (χ0n) is 13.0. The lowest BCUT2D eigenvalue weighted by molar-refractivity contribution is 1.28. The number of rotatable bonds is 4. The van der Waals surface area contributed by atoms with Crippen LogP contribution in [0.25, 0.3) is 5.57 Å². The molecular formula is C19H19N3. The summed E-state index contributed by atoms with van der Waals surface area (Å²) in [4.78, 5) is 12.9. The van der Waals surface area contributed by atoms with E-state index in [2.05, 4.69) is 35.1 Å². The monoisotopic (exact) mass is 289 g/mol. The van der Waals surface area contributed by atoms with Crippen LogP contribution in [-0.2, 0) is 0 Å². The van der Waals surface area contributed by atoms with Crippen LogP contribution in [0.4, 0.5) is 0 Å². The first-order chi connectivity index (χ1) is 10.6. The maximum Gasteiger partial charge on any atom is 0.154 e. The van der Waals surface area contributed by atoms with Crippen LogP contribution >= 0.6 is 0 Å². The number of allylic oxidation sites excluding steroid dienone is 2. The summed E-state index contributed by atoms with van der Waals surface area (Å²) in [5.74, 6) is 0.662. The molecule has 2 rings (SSSR count). The minimum Gasteiger partial charge on any atom is -0.270 e. The Balaban J connectivity index is 2.14. The van der Waals surface area contributed by atoms with Crippen LogP contribution in [0.5, 0.6) is 0 Å². The Hall–Kier alpha value is -2.81. The topological polar surface area (TPSA) is 37.6 Å². The molecule has 0 aliphatic heterocycles. The zero-order valence-corrected chi connectivity index (χ0v) is 13.0. The molecule has 110 valence electrons. The average Bonchev–Trinajstić information content (AvgIpc) is 2.56. The first-order valence-corrected chi connectivity index (χ1v) is 6.99. The quantitative estimate of drug-likeness (QED) is 0.474. The minimum atomic E-state index is 0.662. The molecule has 1 aromatic carbocycles. The number of amidine groups is 1. The van der Waals surface area contributed by atoms with Crippen molar-refractivity contribution in [3.05, 3.63) is 84.2 Å². The normalized spacial score (nSPS) is 11.6. The number of hydrogen-bond donors (Lipinski definition) is 0. The summed E-state index contributed by atoms with van der Waals surface area (Å²) in [6.07, 6.45) is 3.41. The van der Waals surface area contributed by atoms with Crippen molar-refractivity contribution < 1.29 is 0 Å². The van der Waals surface area contributed by atoms with Gasteiger partial charge in [-0.1, -0.05) is 49.1 Å². The second-order valence-corrected chi connectivity index (χ2v) is 4.89. The van der Waals surface area contributed by atoms with Gasteiger partial charge in [0.25, 0.3) is 0 Å². The Morgan fingerprint density at radius 2 is 1.82 bits per heavy atom. The molecule has 1 heterocycles. The van der Waals surface area contributed by atoms with Gasteiger partial charge in [-0.05, 0) is 24.6 Å². The molecule has 22 heavy (non-hydrogen) atoms. The van der Waals surface area contributed by atoms with Crippen LogP contribution in [0.1, 0.15) is 16.8 Å². The largest absolute Gasteiger partial charge is 0.270 e. The van der Waals surface area contributed by atoms with Crippen LogP contribution in [-0.4, -0.2) is 24.1 Å². The third-order valence-electron chi connectivity index (χ3n) is 3.23. The average molecular weight is 289 g/mol. The zero-order chi connectivity index (χ0) is 15.9. The van der Waals surface area contributed by atoms with Gasteiger partial charge in [0.05, 0.1) is 5.69 Å². The smallest absolute Gasteiger partial charge is 0.154 e. The standard InChI is InChI=1S/C19H19N3/c1-14-8-10-17(11-9-14)19(20-4)22-13-15(2)16(3)18-7-5-6-12-21-18/h5-13H,2-3H2,1,4H3. The third-order valence-corrected chi connectivity index (χ3v) is 3.23. The van der Waals surface area contributed by atoms with Crippen molar-refractivity contribution in [2.75, 3.05) is 7.05 Å². The molecule has 0 aliphatic carbocycles. The lowest BCUT2D eigenvalue weighted by atomic mass is 10.1. The van der Waals surface area contributed by atoms with Crippen LogP contribution in [0.3, 0.4) is 0 Å². The van der Waals surface area contributed by atoms with Gasteiger partial charge in [0, 0.05) is 30.6 Å². The van der Waals surface area contributed by atoms with Crippen molar-refractivity contribution in [3.63, 3.8) is 0 Å². The van der Waals surface area contributed by atoms with Crippen molar-refractivity contribution in [1.29, 1.82) is 0 Å². The molecule has 0 saturated heterocycles. The molecule has 0 atom stereocenters. The molecule has 0 amide bonds. The highest BCUT2D eigenvalue weighted by Gasteiger charge is 2.04. The minimum absolute atomic E-state index is 0.662. The van der Waals surface area contributed by atoms with Crippen molar-refractivity contribution in [3.8, 4) is 0 Å². The van der Waals surface area contributed by atoms with Gasteiger partial charge in [0.2, 0.25) is 0 Å². The summed E-state index contributed by atoms with van der Waals surface area (Å²) in [5.41, 5.74) is 4.44. The van der Waals surface area contributed by atoms with Gasteiger partial charge in [-0.3, -0.25) is 9.98 Å². The fourth-order valence-electron chi connectivity index (χ4n) is 1.89. The van der Waals surface area contributed by atoms with Crippen molar-refractivity contribution in [1.82, 2.24) is 4.98 Å². The van der Waals surface area contributed by atoms with Gasteiger partial charge in [-0.15, -0.1) is 0 Å². The summed E-state index contributed by atoms with van der Waals surface area (Å²) in [7, 11) is 1.73. The van der Waals surface area contributed by atoms with Crippen LogP contribution in [0, 0.1) is 6.92 Å². The Labute approximate surface area is 131 Å². The van der Waals surface area contributed by atoms with Crippen molar-refractivity contribution in [2.24, 2.45) is 9.98 Å². The first-order valence-electron chi connectivity index (χ1n) is 6.99. The van der Waals surface area contributed by atoms with E-state index in [1.165, 1.54) is 5.56 Å². The maximum atomic E-state index is 4.43. The Morgan fingerprint density at radius 3 is 2.41 bits per heavy atom. The van der Waals surface area contributed by atoms with E-state index in [0.29, 0.717) is 11.4 Å². The molecule has 1 aromatic heterocycles. The number of nitrogens with zero attached hydrogens (tertiary/aromatic N) is 3. The van der Waals surface area contributed by atoms with Gasteiger partial charge in [0.15, 0.2) is 5.84 Å². The van der Waals surface area contributed by atoms with Gasteiger partial charge in [0.1, 0.15) is 0 Å². The fourth-order valence-corrected chi connectivity index (χ4v) is 1.89. The summed E-state index contributed by atoms with van der Waals surface area (Å²) < 4.78 is 0. The van der Waals surface area contributed by atoms with Crippen molar-refractivity contribution in [2.45, 2.75) is 6.92 Å². The Kier molecular flexibility index (Phi) is 5.15. The second kappa shape index (κ2) is 7.27. The van der Waals surface area contributed by atoms with E-state index >= 15 is 0 Å². The molecule has 0 spiro atoms. The van der Waals surface area contributed by atoms with E-state index in [4.69, 9.17) is 0 Å². The van der Waals surface area contributed by atoms with E-state index in [-0.39, 0.29) is 0 Å². The number of aliphatic imine (C=N–C) groups is 2. The van der Waals surface area contributed by atoms with Crippen LogP contribution in [0.2, 0.25) is 0 Å². The van der Waals surface area contributed by atoms with E-state index < -0.39 is 0 Å². The Morgan fingerprint density at radius 1 is 1.09 bits per heavy atom. The highest BCUT2D eigenvalue weighted by Crippen LogP contribution is 2.16. The Bertz CT molecular complexity index is 723. The molecule has 0 bridgehead atoms. The predicted octanol–water partition coefficient (Wildman–Crippen LogP) is 4.11. The van der Waals surface area contributed by atoms with Gasteiger partial charge < -0.3 is 0 Å². The van der Waals surface area contributed by atoms with E-state index in [1.54, 1.807) is 19.5 Å². The van der Waals surface area contributed by atoms with E-state index in [0.717, 1.165) is 16.8 Å². The molecule has 2 aromatic rings. The number of aromatic nitrogens is 1. The third kappa shape index (κ3) is 3.85. The summed E-state index contributed by atoms with van der Waals surface area (Å²) >= 11 is 0. The summed E-state index contributed by atoms with van der Waals surface area (Å²) in [6.45, 7) is 10.1. The van der Waals surface area contributed by atoms with Crippen LogP contribution < -0.4 is 0 Å². The summed E-state index contributed by atoms with van der Waals surface area (Å²) in [5, 5.41) is 0. The lowest BCUT2D eigenvalue weighted by Crippen LogP contribution is -1.99. The number of benzene rings is 1. The molecule has 3 nitrogen and oxygen atoms in total. The van der Waals surface area contributed by atoms with Gasteiger partial charge in [-0.2, -0.15) is 0 Å². The van der Waals surface area contributed by atoms with E-state index in [1.807, 2.05) is 42.5 Å². The molecular weight excluding hydrogens is 270 g/mol. The maximum absolute atomic E-state index is 4.43. The first kappa shape index (κ1) is 15.6. The predicted molar refractivity (Wildman–Crippen MR) is 94.5 cm³/mol. The number of aryl methyl sites for hydroxylation is 1. The van der Waals surface area contributed by atoms with Gasteiger partial charge >= 0.3 is 0 Å². The van der Waals surface area contributed by atoms with Crippen LogP contribution in [0.15, 0.2) is 77.4 Å². The highest BCUT2D eigenvalue weighted by atomic mass is 14.9. The van der Waals surface area contributed by atoms with Crippen molar-refractivity contribution >= 4 is 17.6 Å². The number of pyridine rings is 1. The molecule has 0 saturated carbocycles. The molecule has 0 N–H and O–H groups in total. The molecule has 0 radical (unpaired) electrons. The van der Waals surface area contributed by atoms with Gasteiger partial charge in [-0.25, -0.2) is 4.99 Å². The molecule has 0 unspecified atom stereocenters. The fraction of sp³-hybridized carbons (Fsp3) is 0.105. The SMILES string of the molecule is C=C(C=NC(=NC)c1ccc(C)cc1)C(=C)c1ccccn1. The highest BCUT2D eigenvalue weighted by molar-refractivity contribution is 6.08. The number of hydrogen-bond acceptors (Lipinski definition) is 2. The van der Waals surface area contributed by atoms with E-state index in [9.17, 15) is 0 Å². The molecule has 3 heteroatoms. The second-order valence-electron chi connectivity index (χ2n) is 4.89. The molecule has 0 aliphatic rings. The molecule has 0 fully saturated rings.